The van der Waals surface area contributed by atoms with Gasteiger partial charge >= 0.3 is 12.1 Å². The second-order valence-corrected chi connectivity index (χ2v) is 3.20. The molecule has 0 aliphatic heterocycles. The highest BCUT2D eigenvalue weighted by atomic mass is 16.5. The van der Waals surface area contributed by atoms with E-state index in [-0.39, 0.29) is 6.61 Å². The molecule has 6 nitrogen and oxygen atoms in total. The fourth-order valence-corrected chi connectivity index (χ4v) is 1.15. The summed E-state index contributed by atoms with van der Waals surface area (Å²) in [7, 11) is 1.32. The lowest BCUT2D eigenvalue weighted by Gasteiger charge is -2.00. The number of nitrogens with zero attached hydrogens (tertiary/aromatic N) is 1. The summed E-state index contributed by atoms with van der Waals surface area (Å²) in [4.78, 5) is 22.1. The van der Waals surface area contributed by atoms with Gasteiger partial charge in [-0.05, 0) is 24.6 Å². The van der Waals surface area contributed by atoms with Crippen molar-refractivity contribution >= 4 is 18.3 Å². The lowest BCUT2D eigenvalue weighted by atomic mass is 10.1. The van der Waals surface area contributed by atoms with E-state index in [1.807, 2.05) is 0 Å². The van der Waals surface area contributed by atoms with E-state index >= 15 is 0 Å². The lowest BCUT2D eigenvalue weighted by molar-refractivity contribution is 0.0600. The molecule has 1 aromatic rings. The number of hydrogen-bond donors (Lipinski definition) is 1. The van der Waals surface area contributed by atoms with Gasteiger partial charge in [0.25, 0.3) is 0 Å². The average molecular weight is 250 g/mol. The molecule has 0 unspecified atom stereocenters. The number of hydrazone groups is 1. The minimum absolute atomic E-state index is 0.287. The van der Waals surface area contributed by atoms with Crippen LogP contribution in [-0.4, -0.2) is 32.0 Å². The molecule has 0 spiro atoms. The van der Waals surface area contributed by atoms with Crippen molar-refractivity contribution in [3.63, 3.8) is 0 Å². The van der Waals surface area contributed by atoms with Crippen molar-refractivity contribution in [3.05, 3.63) is 35.4 Å². The van der Waals surface area contributed by atoms with Gasteiger partial charge in [0.1, 0.15) is 0 Å². The van der Waals surface area contributed by atoms with Gasteiger partial charge in [-0.3, -0.25) is 0 Å². The molecule has 6 heteroatoms. The van der Waals surface area contributed by atoms with Gasteiger partial charge in [0.05, 0.1) is 25.5 Å². The lowest BCUT2D eigenvalue weighted by Crippen LogP contribution is -2.18. The Labute approximate surface area is 105 Å². The monoisotopic (exact) mass is 250 g/mol. The molecule has 0 aliphatic rings. The van der Waals surface area contributed by atoms with Gasteiger partial charge in [-0.2, -0.15) is 5.10 Å². The molecular formula is C12H14N2O4. The van der Waals surface area contributed by atoms with Crippen LogP contribution in [0.3, 0.4) is 0 Å². The Morgan fingerprint density at radius 3 is 2.56 bits per heavy atom. The molecule has 18 heavy (non-hydrogen) atoms. The Morgan fingerprint density at radius 1 is 1.33 bits per heavy atom. The maximum absolute atomic E-state index is 11.2. The van der Waals surface area contributed by atoms with Gasteiger partial charge in [-0.25, -0.2) is 15.0 Å². The maximum atomic E-state index is 11.2. The predicted octanol–water partition coefficient (Wildman–Crippen LogP) is 1.55. The van der Waals surface area contributed by atoms with E-state index in [0.29, 0.717) is 5.56 Å². The molecule has 1 rings (SSSR count). The zero-order valence-electron chi connectivity index (χ0n) is 10.2. The predicted molar refractivity (Wildman–Crippen MR) is 65.5 cm³/mol. The second kappa shape index (κ2) is 7.05. The molecule has 0 heterocycles. The van der Waals surface area contributed by atoms with Gasteiger partial charge in [0.15, 0.2) is 0 Å². The number of carbonyl (C=O) groups is 2. The molecule has 1 aromatic carbocycles. The summed E-state index contributed by atoms with van der Waals surface area (Å²) in [6, 6.07) is 6.58. The van der Waals surface area contributed by atoms with Crippen LogP contribution in [0.1, 0.15) is 22.8 Å². The largest absolute Gasteiger partial charge is 0.465 e. The summed E-state index contributed by atoms with van der Waals surface area (Å²) in [5, 5.41) is 3.69. The van der Waals surface area contributed by atoms with E-state index in [4.69, 9.17) is 0 Å². The van der Waals surface area contributed by atoms with Crippen LogP contribution in [0.4, 0.5) is 4.79 Å². The van der Waals surface area contributed by atoms with E-state index in [9.17, 15) is 9.59 Å². The van der Waals surface area contributed by atoms with Crippen LogP contribution < -0.4 is 5.43 Å². The van der Waals surface area contributed by atoms with Crippen molar-refractivity contribution in [2.45, 2.75) is 6.92 Å². The minimum Gasteiger partial charge on any atom is -0.465 e. The molecule has 0 bridgehead atoms. The number of rotatable bonds is 4. The molecule has 0 atom stereocenters. The number of benzene rings is 1. The summed E-state index contributed by atoms with van der Waals surface area (Å²) in [5.74, 6) is -0.400. The van der Waals surface area contributed by atoms with Crippen molar-refractivity contribution < 1.29 is 19.1 Å². The fraction of sp³-hybridized carbons (Fsp3) is 0.250. The summed E-state index contributed by atoms with van der Waals surface area (Å²) in [6.07, 6.45) is 0.831. The van der Waals surface area contributed by atoms with Crippen molar-refractivity contribution in [1.82, 2.24) is 5.43 Å². The summed E-state index contributed by atoms with van der Waals surface area (Å²) in [5.41, 5.74) is 3.38. The molecule has 0 saturated heterocycles. The minimum atomic E-state index is -0.611. The van der Waals surface area contributed by atoms with Crippen molar-refractivity contribution in [2.24, 2.45) is 5.10 Å². The SMILES string of the molecule is CCOC(=O)N/N=C\c1ccc(C(=O)OC)cc1. The van der Waals surface area contributed by atoms with Crippen molar-refractivity contribution in [2.75, 3.05) is 13.7 Å². The Balaban J connectivity index is 2.56. The molecule has 0 saturated carbocycles. The van der Waals surface area contributed by atoms with Crippen molar-refractivity contribution in [3.8, 4) is 0 Å². The van der Waals surface area contributed by atoms with Crippen LogP contribution >= 0.6 is 0 Å². The first-order valence-electron chi connectivity index (χ1n) is 5.31. The third-order valence-electron chi connectivity index (χ3n) is 1.98. The molecule has 1 N–H and O–H groups in total. The van der Waals surface area contributed by atoms with E-state index < -0.39 is 12.1 Å². The highest BCUT2D eigenvalue weighted by Gasteiger charge is 2.03. The van der Waals surface area contributed by atoms with E-state index in [1.165, 1.54) is 13.3 Å². The highest BCUT2D eigenvalue weighted by molar-refractivity contribution is 5.90. The van der Waals surface area contributed by atoms with Crippen LogP contribution in [-0.2, 0) is 9.47 Å². The first kappa shape index (κ1) is 13.7. The number of esters is 1. The van der Waals surface area contributed by atoms with E-state index in [1.54, 1.807) is 31.2 Å². The Kier molecular flexibility index (Phi) is 5.37. The highest BCUT2D eigenvalue weighted by Crippen LogP contribution is 2.03. The summed E-state index contributed by atoms with van der Waals surface area (Å²) >= 11 is 0. The van der Waals surface area contributed by atoms with Crippen LogP contribution in [0.5, 0.6) is 0 Å². The number of hydrogen-bond acceptors (Lipinski definition) is 5. The third kappa shape index (κ3) is 4.25. The van der Waals surface area contributed by atoms with Crippen LogP contribution in [0.2, 0.25) is 0 Å². The van der Waals surface area contributed by atoms with Gasteiger partial charge in [-0.1, -0.05) is 12.1 Å². The van der Waals surface area contributed by atoms with Gasteiger partial charge in [-0.15, -0.1) is 0 Å². The molecular weight excluding hydrogens is 236 g/mol. The Bertz CT molecular complexity index is 440. The smallest absolute Gasteiger partial charge is 0.427 e. The molecule has 0 fully saturated rings. The Hall–Kier alpha value is -2.37. The van der Waals surface area contributed by atoms with Gasteiger partial charge in [0, 0.05) is 0 Å². The van der Waals surface area contributed by atoms with E-state index in [2.05, 4.69) is 20.0 Å². The fourth-order valence-electron chi connectivity index (χ4n) is 1.15. The number of amides is 1. The third-order valence-corrected chi connectivity index (χ3v) is 1.98. The second-order valence-electron chi connectivity index (χ2n) is 3.20. The number of carbonyl (C=O) groups excluding carboxylic acids is 2. The summed E-state index contributed by atoms with van der Waals surface area (Å²) in [6.45, 7) is 1.99. The van der Waals surface area contributed by atoms with Crippen LogP contribution in [0.25, 0.3) is 0 Å². The zero-order valence-corrected chi connectivity index (χ0v) is 10.2. The quantitative estimate of drug-likeness (QED) is 0.499. The van der Waals surface area contributed by atoms with Crippen LogP contribution in [0.15, 0.2) is 29.4 Å². The standard InChI is InChI=1S/C12H14N2O4/c1-3-18-12(16)14-13-8-9-4-6-10(7-5-9)11(15)17-2/h4-8H,3H2,1-2H3,(H,14,16)/b13-8-. The van der Waals surface area contributed by atoms with Crippen molar-refractivity contribution in [1.29, 1.82) is 0 Å². The molecule has 0 radical (unpaired) electrons. The topological polar surface area (TPSA) is 77.0 Å². The Morgan fingerprint density at radius 2 is 2.00 bits per heavy atom. The van der Waals surface area contributed by atoms with Crippen LogP contribution in [0, 0.1) is 0 Å². The number of ether oxygens (including phenoxy) is 2. The maximum Gasteiger partial charge on any atom is 0.427 e. The normalized spacial score (nSPS) is 10.1. The molecule has 0 aromatic heterocycles. The molecule has 96 valence electrons. The van der Waals surface area contributed by atoms with Gasteiger partial charge < -0.3 is 9.47 Å². The molecule has 0 aliphatic carbocycles. The molecule has 1 amide bonds. The average Bonchev–Trinajstić information content (AvgIpc) is 2.39. The first-order valence-corrected chi connectivity index (χ1v) is 5.31. The number of methoxy groups -OCH3 is 1. The zero-order chi connectivity index (χ0) is 13.4. The summed E-state index contributed by atoms with van der Waals surface area (Å²) < 4.78 is 9.19. The van der Waals surface area contributed by atoms with Gasteiger partial charge in [0.2, 0.25) is 0 Å². The van der Waals surface area contributed by atoms with E-state index in [0.717, 1.165) is 5.56 Å². The first-order chi connectivity index (χ1) is 8.67. The number of nitrogens with one attached hydrogen (secondary N) is 1.